The summed E-state index contributed by atoms with van der Waals surface area (Å²) in [6, 6.07) is 7.78. The largest absolute Gasteiger partial charge is 0.376 e. The van der Waals surface area contributed by atoms with Crippen LogP contribution in [0.2, 0.25) is 0 Å². The lowest BCUT2D eigenvalue weighted by Crippen LogP contribution is -2.54. The summed E-state index contributed by atoms with van der Waals surface area (Å²) >= 11 is 0. The number of ether oxygens (including phenoxy) is 1. The SMILES string of the molecule is CCN(CC1CCCO1)C(=O)C1CCCCN1S(=O)(=O)c1ccccc1. The minimum Gasteiger partial charge on any atom is -0.376 e. The number of nitrogens with zero attached hydrogens (tertiary/aromatic N) is 2. The molecule has 0 aromatic heterocycles. The molecule has 2 unspecified atom stereocenters. The average Bonchev–Trinajstić information content (AvgIpc) is 3.19. The summed E-state index contributed by atoms with van der Waals surface area (Å²) in [6.07, 6.45) is 4.28. The summed E-state index contributed by atoms with van der Waals surface area (Å²) in [4.78, 5) is 15.2. The molecule has 0 aliphatic carbocycles. The van der Waals surface area contributed by atoms with Gasteiger partial charge in [-0.15, -0.1) is 0 Å². The fourth-order valence-corrected chi connectivity index (χ4v) is 5.46. The molecule has 7 heteroatoms. The highest BCUT2D eigenvalue weighted by atomic mass is 32.2. The maximum Gasteiger partial charge on any atom is 0.243 e. The molecule has 0 bridgehead atoms. The van der Waals surface area contributed by atoms with Crippen LogP contribution in [-0.2, 0) is 19.6 Å². The van der Waals surface area contributed by atoms with E-state index in [9.17, 15) is 13.2 Å². The number of benzene rings is 1. The van der Waals surface area contributed by atoms with Crippen molar-refractivity contribution in [2.24, 2.45) is 0 Å². The Hall–Kier alpha value is -1.44. The Bertz CT molecular complexity index is 702. The maximum atomic E-state index is 13.2. The monoisotopic (exact) mass is 380 g/mol. The molecule has 0 spiro atoms. The topological polar surface area (TPSA) is 66.9 Å². The third kappa shape index (κ3) is 4.10. The molecule has 2 fully saturated rings. The minimum atomic E-state index is -3.67. The van der Waals surface area contributed by atoms with E-state index in [2.05, 4.69) is 0 Å². The van der Waals surface area contributed by atoms with Crippen LogP contribution >= 0.6 is 0 Å². The lowest BCUT2D eigenvalue weighted by Gasteiger charge is -2.37. The van der Waals surface area contributed by atoms with E-state index in [0.717, 1.165) is 32.3 Å². The first-order valence-electron chi connectivity index (χ1n) is 9.51. The Morgan fingerprint density at radius 3 is 2.62 bits per heavy atom. The van der Waals surface area contributed by atoms with Crippen LogP contribution in [-0.4, -0.2) is 61.9 Å². The highest BCUT2D eigenvalue weighted by molar-refractivity contribution is 7.89. The molecular formula is C19H28N2O4S. The molecule has 0 N–H and O–H groups in total. The highest BCUT2D eigenvalue weighted by Crippen LogP contribution is 2.27. The quantitative estimate of drug-likeness (QED) is 0.759. The lowest BCUT2D eigenvalue weighted by atomic mass is 10.0. The second kappa shape index (κ2) is 8.50. The van der Waals surface area contributed by atoms with Crippen molar-refractivity contribution in [1.29, 1.82) is 0 Å². The van der Waals surface area contributed by atoms with Crippen molar-refractivity contribution in [3.63, 3.8) is 0 Å². The predicted octanol–water partition coefficient (Wildman–Crippen LogP) is 2.26. The van der Waals surface area contributed by atoms with E-state index < -0.39 is 16.1 Å². The molecule has 2 aliphatic rings. The van der Waals surface area contributed by atoms with Crippen LogP contribution in [0.3, 0.4) is 0 Å². The number of amides is 1. The Balaban J connectivity index is 1.80. The van der Waals surface area contributed by atoms with Crippen LogP contribution in [0.25, 0.3) is 0 Å². The maximum absolute atomic E-state index is 13.2. The van der Waals surface area contributed by atoms with E-state index in [1.54, 1.807) is 35.2 Å². The number of rotatable bonds is 6. The van der Waals surface area contributed by atoms with Gasteiger partial charge in [0.1, 0.15) is 6.04 Å². The van der Waals surface area contributed by atoms with Gasteiger partial charge in [0.05, 0.1) is 11.0 Å². The molecular weight excluding hydrogens is 352 g/mol. The van der Waals surface area contributed by atoms with Gasteiger partial charge in [0.25, 0.3) is 0 Å². The number of piperidine rings is 1. The fraction of sp³-hybridized carbons (Fsp3) is 0.632. The van der Waals surface area contributed by atoms with Gasteiger partial charge >= 0.3 is 0 Å². The van der Waals surface area contributed by atoms with Gasteiger partial charge < -0.3 is 9.64 Å². The van der Waals surface area contributed by atoms with Crippen molar-refractivity contribution in [2.45, 2.75) is 56.1 Å². The predicted molar refractivity (Wildman–Crippen MR) is 99.2 cm³/mol. The third-order valence-corrected chi connectivity index (χ3v) is 7.15. The second-order valence-electron chi connectivity index (χ2n) is 6.95. The molecule has 6 nitrogen and oxygen atoms in total. The standard InChI is InChI=1S/C19H28N2O4S/c1-2-20(15-16-9-8-14-25-16)19(22)18-12-6-7-13-21(18)26(23,24)17-10-4-3-5-11-17/h3-5,10-11,16,18H,2,6-9,12-15H2,1H3. The first-order chi connectivity index (χ1) is 12.5. The van der Waals surface area contributed by atoms with Crippen LogP contribution in [0, 0.1) is 0 Å². The summed E-state index contributed by atoms with van der Waals surface area (Å²) in [6.45, 7) is 4.19. The van der Waals surface area contributed by atoms with E-state index in [1.165, 1.54) is 4.31 Å². The number of hydrogen-bond donors (Lipinski definition) is 0. The molecule has 1 aromatic carbocycles. The zero-order valence-corrected chi connectivity index (χ0v) is 16.2. The normalized spacial score (nSPS) is 24.5. The van der Waals surface area contributed by atoms with E-state index in [-0.39, 0.29) is 16.9 Å². The summed E-state index contributed by atoms with van der Waals surface area (Å²) in [5.74, 6) is -0.0952. The van der Waals surface area contributed by atoms with Crippen LogP contribution < -0.4 is 0 Å². The molecule has 1 amide bonds. The van der Waals surface area contributed by atoms with Gasteiger partial charge in [0.2, 0.25) is 15.9 Å². The highest BCUT2D eigenvalue weighted by Gasteiger charge is 2.39. The van der Waals surface area contributed by atoms with E-state index in [0.29, 0.717) is 26.1 Å². The zero-order chi connectivity index (χ0) is 18.6. The molecule has 3 rings (SSSR count). The molecule has 0 saturated carbocycles. The third-order valence-electron chi connectivity index (χ3n) is 5.23. The summed E-state index contributed by atoms with van der Waals surface area (Å²) in [5, 5.41) is 0. The van der Waals surface area contributed by atoms with Gasteiger partial charge in [0.15, 0.2) is 0 Å². The van der Waals surface area contributed by atoms with Crippen LogP contribution in [0.4, 0.5) is 0 Å². The van der Waals surface area contributed by atoms with E-state index >= 15 is 0 Å². The van der Waals surface area contributed by atoms with E-state index in [1.807, 2.05) is 6.92 Å². The van der Waals surface area contributed by atoms with Gasteiger partial charge in [-0.05, 0) is 44.7 Å². The van der Waals surface area contributed by atoms with Crippen molar-refractivity contribution in [3.8, 4) is 0 Å². The summed E-state index contributed by atoms with van der Waals surface area (Å²) in [7, 11) is -3.67. The molecule has 144 valence electrons. The Morgan fingerprint density at radius 1 is 1.19 bits per heavy atom. The van der Waals surface area contributed by atoms with Crippen molar-refractivity contribution in [3.05, 3.63) is 30.3 Å². The van der Waals surface area contributed by atoms with Gasteiger partial charge in [-0.1, -0.05) is 24.6 Å². The van der Waals surface area contributed by atoms with Crippen molar-refractivity contribution < 1.29 is 17.9 Å². The molecule has 2 aliphatic heterocycles. The molecule has 0 radical (unpaired) electrons. The Labute approximate surface area is 156 Å². The first kappa shape index (κ1) is 19.3. The molecule has 2 saturated heterocycles. The lowest BCUT2D eigenvalue weighted by molar-refractivity contribution is -0.137. The number of likely N-dealkylation sites (N-methyl/N-ethyl adjacent to an activating group) is 1. The average molecular weight is 381 g/mol. The van der Waals surface area contributed by atoms with Gasteiger partial charge in [-0.2, -0.15) is 4.31 Å². The minimum absolute atomic E-state index is 0.0710. The van der Waals surface area contributed by atoms with Crippen molar-refractivity contribution in [1.82, 2.24) is 9.21 Å². The van der Waals surface area contributed by atoms with Gasteiger partial charge in [-0.25, -0.2) is 8.42 Å². The molecule has 2 heterocycles. The smallest absolute Gasteiger partial charge is 0.243 e. The summed E-state index contributed by atoms with van der Waals surface area (Å²) < 4.78 is 33.2. The fourth-order valence-electron chi connectivity index (χ4n) is 3.79. The number of sulfonamides is 1. The Kier molecular flexibility index (Phi) is 6.32. The summed E-state index contributed by atoms with van der Waals surface area (Å²) in [5.41, 5.74) is 0. The molecule has 26 heavy (non-hydrogen) atoms. The van der Waals surface area contributed by atoms with Crippen molar-refractivity contribution >= 4 is 15.9 Å². The van der Waals surface area contributed by atoms with E-state index in [4.69, 9.17) is 4.74 Å². The van der Waals surface area contributed by atoms with Crippen LogP contribution in [0.15, 0.2) is 35.2 Å². The molecule has 1 aromatic rings. The number of carbonyl (C=O) groups is 1. The Morgan fingerprint density at radius 2 is 1.96 bits per heavy atom. The van der Waals surface area contributed by atoms with Gasteiger partial charge in [0, 0.05) is 26.2 Å². The molecule has 2 atom stereocenters. The van der Waals surface area contributed by atoms with Crippen LogP contribution in [0.1, 0.15) is 39.0 Å². The number of hydrogen-bond acceptors (Lipinski definition) is 4. The number of carbonyl (C=O) groups excluding carboxylic acids is 1. The van der Waals surface area contributed by atoms with Crippen molar-refractivity contribution in [2.75, 3.05) is 26.2 Å². The van der Waals surface area contributed by atoms with Gasteiger partial charge in [-0.3, -0.25) is 4.79 Å². The zero-order valence-electron chi connectivity index (χ0n) is 15.3. The second-order valence-corrected chi connectivity index (χ2v) is 8.84. The van der Waals surface area contributed by atoms with Crippen LogP contribution in [0.5, 0.6) is 0 Å². The first-order valence-corrected chi connectivity index (χ1v) is 11.0.